The average Bonchev–Trinajstić information content (AvgIpc) is 2.57. The maximum absolute atomic E-state index is 9.08. The minimum Gasteiger partial charge on any atom is -0.396 e. The first-order chi connectivity index (χ1) is 8.45. The molecule has 0 bridgehead atoms. The van der Waals surface area contributed by atoms with Crippen LogP contribution in [0.1, 0.15) is 32.0 Å². The molecule has 0 saturated carbocycles. The van der Waals surface area contributed by atoms with E-state index in [4.69, 9.17) is 5.11 Å². The molecular formula is C13H25N3OS. The monoisotopic (exact) mass is 271 g/mol. The van der Waals surface area contributed by atoms with Crippen LogP contribution in [0.3, 0.4) is 0 Å². The number of thioether (sulfide) groups is 1. The van der Waals surface area contributed by atoms with Crippen molar-refractivity contribution in [3.8, 4) is 0 Å². The van der Waals surface area contributed by atoms with Crippen molar-refractivity contribution >= 4 is 11.8 Å². The van der Waals surface area contributed by atoms with Crippen molar-refractivity contribution in [3.05, 3.63) is 11.3 Å². The summed E-state index contributed by atoms with van der Waals surface area (Å²) in [6.45, 7) is 9.49. The molecule has 0 saturated heterocycles. The largest absolute Gasteiger partial charge is 0.396 e. The topological polar surface area (TPSA) is 50.1 Å². The van der Waals surface area contributed by atoms with Crippen molar-refractivity contribution in [1.82, 2.24) is 15.1 Å². The van der Waals surface area contributed by atoms with Crippen LogP contribution in [-0.4, -0.2) is 33.3 Å². The predicted octanol–water partition coefficient (Wildman–Crippen LogP) is 1.95. The van der Waals surface area contributed by atoms with Crippen LogP contribution in [0.25, 0.3) is 0 Å². The smallest absolute Gasteiger partial charge is 0.0984 e. The standard InChI is InChI=1S/C13H25N3OS/c1-9(2)14-6-12-11(4)15-16(5)13(12)18-8-10(3)7-17/h9-10,14,17H,6-8H2,1-5H3. The first-order valence-corrected chi connectivity index (χ1v) is 7.43. The van der Waals surface area contributed by atoms with Gasteiger partial charge in [0.2, 0.25) is 0 Å². The van der Waals surface area contributed by atoms with Crippen molar-refractivity contribution in [3.63, 3.8) is 0 Å². The van der Waals surface area contributed by atoms with E-state index in [1.807, 2.05) is 11.7 Å². The Bertz CT molecular complexity index is 377. The van der Waals surface area contributed by atoms with Crippen molar-refractivity contribution < 1.29 is 5.11 Å². The van der Waals surface area contributed by atoms with E-state index >= 15 is 0 Å². The third kappa shape index (κ3) is 4.30. The van der Waals surface area contributed by atoms with E-state index in [0.29, 0.717) is 12.0 Å². The van der Waals surface area contributed by atoms with Crippen molar-refractivity contribution in [2.75, 3.05) is 12.4 Å². The fraction of sp³-hybridized carbons (Fsp3) is 0.769. The summed E-state index contributed by atoms with van der Waals surface area (Å²) >= 11 is 1.78. The van der Waals surface area contributed by atoms with E-state index in [9.17, 15) is 0 Å². The number of nitrogens with one attached hydrogen (secondary N) is 1. The highest BCUT2D eigenvalue weighted by Crippen LogP contribution is 2.26. The molecule has 1 atom stereocenters. The van der Waals surface area contributed by atoms with Crippen LogP contribution in [0.2, 0.25) is 0 Å². The van der Waals surface area contributed by atoms with Gasteiger partial charge in [0.25, 0.3) is 0 Å². The van der Waals surface area contributed by atoms with E-state index in [2.05, 4.69) is 38.1 Å². The first-order valence-electron chi connectivity index (χ1n) is 6.45. The number of aryl methyl sites for hydroxylation is 2. The highest BCUT2D eigenvalue weighted by Gasteiger charge is 2.14. The van der Waals surface area contributed by atoms with Gasteiger partial charge < -0.3 is 10.4 Å². The molecule has 0 spiro atoms. The summed E-state index contributed by atoms with van der Waals surface area (Å²) in [5, 5.41) is 18.2. The number of aromatic nitrogens is 2. The van der Waals surface area contributed by atoms with E-state index in [1.54, 1.807) is 11.8 Å². The second kappa shape index (κ2) is 7.16. The van der Waals surface area contributed by atoms with Gasteiger partial charge in [-0.15, -0.1) is 11.8 Å². The molecule has 1 aromatic heterocycles. The zero-order valence-electron chi connectivity index (χ0n) is 12.0. The van der Waals surface area contributed by atoms with Crippen LogP contribution in [0.5, 0.6) is 0 Å². The third-order valence-electron chi connectivity index (χ3n) is 2.79. The maximum atomic E-state index is 9.08. The Morgan fingerprint density at radius 2 is 2.06 bits per heavy atom. The summed E-state index contributed by atoms with van der Waals surface area (Å²) < 4.78 is 1.95. The zero-order chi connectivity index (χ0) is 13.7. The fourth-order valence-corrected chi connectivity index (χ4v) is 2.81. The molecular weight excluding hydrogens is 246 g/mol. The predicted molar refractivity (Wildman–Crippen MR) is 76.9 cm³/mol. The molecule has 1 heterocycles. The Hall–Kier alpha value is -0.520. The Morgan fingerprint density at radius 1 is 1.39 bits per heavy atom. The van der Waals surface area contributed by atoms with Crippen LogP contribution < -0.4 is 5.32 Å². The highest BCUT2D eigenvalue weighted by atomic mass is 32.2. The lowest BCUT2D eigenvalue weighted by Gasteiger charge is -2.11. The number of aliphatic hydroxyl groups excluding tert-OH is 1. The van der Waals surface area contributed by atoms with Crippen LogP contribution in [0.4, 0.5) is 0 Å². The van der Waals surface area contributed by atoms with Gasteiger partial charge in [-0.3, -0.25) is 4.68 Å². The van der Waals surface area contributed by atoms with Gasteiger partial charge in [0.05, 0.1) is 10.7 Å². The molecule has 4 nitrogen and oxygen atoms in total. The van der Waals surface area contributed by atoms with Gasteiger partial charge in [-0.25, -0.2) is 0 Å². The number of nitrogens with zero attached hydrogens (tertiary/aromatic N) is 2. The Labute approximate surface area is 114 Å². The lowest BCUT2D eigenvalue weighted by Crippen LogP contribution is -2.22. The molecule has 5 heteroatoms. The first kappa shape index (κ1) is 15.5. The van der Waals surface area contributed by atoms with E-state index < -0.39 is 0 Å². The quantitative estimate of drug-likeness (QED) is 0.744. The van der Waals surface area contributed by atoms with Crippen LogP contribution in [-0.2, 0) is 13.6 Å². The minimum atomic E-state index is 0.239. The summed E-state index contributed by atoms with van der Waals surface area (Å²) in [5.74, 6) is 1.24. The molecule has 1 unspecified atom stereocenters. The molecule has 0 fully saturated rings. The number of hydrogen-bond acceptors (Lipinski definition) is 4. The molecule has 1 rings (SSSR count). The lowest BCUT2D eigenvalue weighted by atomic mass is 10.2. The molecule has 104 valence electrons. The number of hydrogen-bond donors (Lipinski definition) is 2. The molecule has 2 N–H and O–H groups in total. The molecule has 0 aliphatic heterocycles. The van der Waals surface area contributed by atoms with E-state index in [1.165, 1.54) is 10.6 Å². The molecule has 0 radical (unpaired) electrons. The molecule has 0 aromatic carbocycles. The molecule has 1 aromatic rings. The Balaban J connectivity index is 2.75. The molecule has 0 amide bonds. The fourth-order valence-electron chi connectivity index (χ4n) is 1.64. The van der Waals surface area contributed by atoms with Crippen molar-refractivity contribution in [2.24, 2.45) is 13.0 Å². The molecule has 0 aliphatic rings. The van der Waals surface area contributed by atoms with Gasteiger partial charge >= 0.3 is 0 Å². The lowest BCUT2D eigenvalue weighted by molar-refractivity contribution is 0.250. The van der Waals surface area contributed by atoms with Gasteiger partial charge in [0, 0.05) is 37.6 Å². The van der Waals surface area contributed by atoms with Gasteiger partial charge in [0.15, 0.2) is 0 Å². The summed E-state index contributed by atoms with van der Waals surface area (Å²) in [7, 11) is 1.98. The van der Waals surface area contributed by atoms with Crippen molar-refractivity contribution in [1.29, 1.82) is 0 Å². The highest BCUT2D eigenvalue weighted by molar-refractivity contribution is 7.99. The summed E-state index contributed by atoms with van der Waals surface area (Å²) in [6.07, 6.45) is 0. The zero-order valence-corrected chi connectivity index (χ0v) is 12.8. The molecule has 0 aliphatic carbocycles. The maximum Gasteiger partial charge on any atom is 0.0984 e. The van der Waals surface area contributed by atoms with Gasteiger partial charge in [-0.1, -0.05) is 20.8 Å². The van der Waals surface area contributed by atoms with Crippen LogP contribution >= 0.6 is 11.8 Å². The SMILES string of the molecule is Cc1nn(C)c(SCC(C)CO)c1CNC(C)C. The van der Waals surface area contributed by atoms with Crippen LogP contribution in [0, 0.1) is 12.8 Å². The summed E-state index contributed by atoms with van der Waals surface area (Å²) in [5.41, 5.74) is 2.37. The Kier molecular flexibility index (Phi) is 6.18. The molecule has 18 heavy (non-hydrogen) atoms. The van der Waals surface area contributed by atoms with Gasteiger partial charge in [-0.05, 0) is 12.8 Å². The van der Waals surface area contributed by atoms with Gasteiger partial charge in [-0.2, -0.15) is 5.10 Å². The second-order valence-electron chi connectivity index (χ2n) is 5.13. The Morgan fingerprint density at radius 3 is 2.61 bits per heavy atom. The van der Waals surface area contributed by atoms with E-state index in [0.717, 1.165) is 18.0 Å². The normalized spacial score (nSPS) is 13.3. The van der Waals surface area contributed by atoms with Crippen molar-refractivity contribution in [2.45, 2.75) is 45.3 Å². The van der Waals surface area contributed by atoms with E-state index in [-0.39, 0.29) is 6.61 Å². The minimum absolute atomic E-state index is 0.239. The number of aliphatic hydroxyl groups is 1. The summed E-state index contributed by atoms with van der Waals surface area (Å²) in [6, 6.07) is 0.471. The average molecular weight is 271 g/mol. The summed E-state index contributed by atoms with van der Waals surface area (Å²) in [4.78, 5) is 0. The third-order valence-corrected chi connectivity index (χ3v) is 4.31. The second-order valence-corrected chi connectivity index (χ2v) is 6.14. The van der Waals surface area contributed by atoms with Gasteiger partial charge in [0.1, 0.15) is 0 Å². The number of rotatable bonds is 7. The van der Waals surface area contributed by atoms with Crippen LogP contribution in [0.15, 0.2) is 5.03 Å².